The number of hydrogen-bond acceptors (Lipinski definition) is 6. The first-order valence-corrected chi connectivity index (χ1v) is 6.84. The fourth-order valence-corrected chi connectivity index (χ4v) is 2.30. The predicted octanol–water partition coefficient (Wildman–Crippen LogP) is 1.49. The van der Waals surface area contributed by atoms with Crippen LogP contribution in [0.25, 0.3) is 10.9 Å². The monoisotopic (exact) mass is 314 g/mol. The van der Waals surface area contributed by atoms with Gasteiger partial charge in [-0.15, -0.1) is 0 Å². The van der Waals surface area contributed by atoms with Crippen molar-refractivity contribution in [1.82, 2.24) is 19.7 Å². The smallest absolute Gasteiger partial charge is 0.293 e. The van der Waals surface area contributed by atoms with E-state index in [0.29, 0.717) is 17.7 Å². The number of aryl methyl sites for hydroxylation is 1. The molecule has 9 nitrogen and oxygen atoms in total. The van der Waals surface area contributed by atoms with Crippen LogP contribution in [0.15, 0.2) is 29.5 Å². The highest BCUT2D eigenvalue weighted by Crippen LogP contribution is 2.28. The van der Waals surface area contributed by atoms with Gasteiger partial charge >= 0.3 is 0 Å². The summed E-state index contributed by atoms with van der Waals surface area (Å²) in [6.07, 6.45) is 2.98. The number of fused-ring (bicyclic) bond motifs is 1. The Morgan fingerprint density at radius 3 is 2.87 bits per heavy atom. The number of nitrogens with one attached hydrogen (secondary N) is 2. The third-order valence-corrected chi connectivity index (χ3v) is 3.76. The molecule has 0 saturated heterocycles. The molecule has 0 unspecified atom stereocenters. The van der Waals surface area contributed by atoms with E-state index < -0.39 is 10.5 Å². The number of rotatable bonds is 4. The maximum atomic E-state index is 11.7. The fraction of sp³-hybridized carbons (Fsp3) is 0.214. The zero-order valence-corrected chi connectivity index (χ0v) is 12.5. The van der Waals surface area contributed by atoms with Crippen molar-refractivity contribution in [2.24, 2.45) is 7.05 Å². The van der Waals surface area contributed by atoms with Crippen molar-refractivity contribution >= 4 is 22.3 Å². The van der Waals surface area contributed by atoms with E-state index in [1.165, 1.54) is 18.5 Å². The molecule has 0 radical (unpaired) electrons. The number of hydrogen-bond donors (Lipinski definition) is 2. The Bertz CT molecular complexity index is 959. The van der Waals surface area contributed by atoms with Gasteiger partial charge in [0.2, 0.25) is 0 Å². The molecular formula is C14H14N6O3. The highest BCUT2D eigenvalue weighted by atomic mass is 16.6. The fourth-order valence-electron chi connectivity index (χ4n) is 2.30. The number of nitro groups is 1. The Labute approximate surface area is 130 Å². The molecule has 0 bridgehead atoms. The van der Waals surface area contributed by atoms with E-state index in [0.717, 1.165) is 11.3 Å². The van der Waals surface area contributed by atoms with Crippen LogP contribution in [0, 0.1) is 17.0 Å². The molecule has 0 saturated carbocycles. The molecule has 0 aliphatic heterocycles. The second-order valence-corrected chi connectivity index (χ2v) is 5.11. The van der Waals surface area contributed by atoms with Crippen LogP contribution >= 0.6 is 0 Å². The summed E-state index contributed by atoms with van der Waals surface area (Å²) >= 11 is 0. The molecular weight excluding hydrogens is 300 g/mol. The Balaban J connectivity index is 2.02. The van der Waals surface area contributed by atoms with Gasteiger partial charge < -0.3 is 10.3 Å². The molecule has 3 aromatic rings. The molecule has 9 heteroatoms. The van der Waals surface area contributed by atoms with E-state index >= 15 is 0 Å². The first-order chi connectivity index (χ1) is 11.0. The van der Waals surface area contributed by atoms with Crippen molar-refractivity contribution in [3.05, 3.63) is 56.4 Å². The van der Waals surface area contributed by atoms with Crippen LogP contribution in [-0.2, 0) is 13.6 Å². The van der Waals surface area contributed by atoms with Gasteiger partial charge in [-0.2, -0.15) is 5.10 Å². The SMILES string of the molecule is Cc1c(CNc2cc3nc[nH]c(=O)c3cc2[N+](=O)[O-])cnn1C. The van der Waals surface area contributed by atoms with Crippen molar-refractivity contribution in [1.29, 1.82) is 0 Å². The predicted molar refractivity (Wildman–Crippen MR) is 84.3 cm³/mol. The first-order valence-electron chi connectivity index (χ1n) is 6.84. The minimum Gasteiger partial charge on any atom is -0.375 e. The Hall–Kier alpha value is -3.23. The normalized spacial score (nSPS) is 10.9. The minimum atomic E-state index is -0.523. The van der Waals surface area contributed by atoms with E-state index in [2.05, 4.69) is 20.4 Å². The van der Waals surface area contributed by atoms with Gasteiger partial charge in [0.25, 0.3) is 11.2 Å². The first kappa shape index (κ1) is 14.7. The molecule has 1 aromatic carbocycles. The standard InChI is InChI=1S/C14H14N6O3/c1-8-9(6-18-19(8)2)5-15-12-4-11-10(3-13(12)20(22)23)14(21)17-7-16-11/h3-4,6-7,15H,5H2,1-2H3,(H,16,17,21). The summed E-state index contributed by atoms with van der Waals surface area (Å²) in [4.78, 5) is 28.9. The van der Waals surface area contributed by atoms with E-state index in [-0.39, 0.29) is 11.1 Å². The molecule has 0 spiro atoms. The minimum absolute atomic E-state index is 0.169. The largest absolute Gasteiger partial charge is 0.375 e. The quantitative estimate of drug-likeness (QED) is 0.556. The van der Waals surface area contributed by atoms with E-state index in [4.69, 9.17) is 0 Å². The number of H-pyrrole nitrogens is 1. The lowest BCUT2D eigenvalue weighted by Crippen LogP contribution is -2.09. The lowest BCUT2D eigenvalue weighted by Gasteiger charge is -2.08. The molecule has 0 fully saturated rings. The molecule has 0 aliphatic carbocycles. The van der Waals surface area contributed by atoms with Gasteiger partial charge in [0.15, 0.2) is 0 Å². The summed E-state index contributed by atoms with van der Waals surface area (Å²) in [5.41, 5.74) is 2.02. The van der Waals surface area contributed by atoms with Crippen molar-refractivity contribution < 1.29 is 4.92 Å². The summed E-state index contributed by atoms with van der Waals surface area (Å²) < 4.78 is 1.73. The lowest BCUT2D eigenvalue weighted by molar-refractivity contribution is -0.383. The van der Waals surface area contributed by atoms with Gasteiger partial charge in [-0.1, -0.05) is 0 Å². The number of aromatic nitrogens is 4. The molecule has 0 atom stereocenters. The highest BCUT2D eigenvalue weighted by Gasteiger charge is 2.17. The third-order valence-electron chi connectivity index (χ3n) is 3.76. The zero-order chi connectivity index (χ0) is 16.6. The molecule has 118 valence electrons. The number of nitrogens with zero attached hydrogens (tertiary/aromatic N) is 4. The molecule has 2 heterocycles. The summed E-state index contributed by atoms with van der Waals surface area (Å²) in [6.45, 7) is 2.30. The number of aromatic amines is 1. The van der Waals surface area contributed by atoms with Crippen LogP contribution in [0.1, 0.15) is 11.3 Å². The van der Waals surface area contributed by atoms with Crippen molar-refractivity contribution in [3.8, 4) is 0 Å². The van der Waals surface area contributed by atoms with Gasteiger partial charge in [0.1, 0.15) is 5.69 Å². The van der Waals surface area contributed by atoms with Crippen LogP contribution in [0.4, 0.5) is 11.4 Å². The van der Waals surface area contributed by atoms with Gasteiger partial charge in [0, 0.05) is 30.9 Å². The van der Waals surface area contributed by atoms with Gasteiger partial charge in [-0.3, -0.25) is 19.6 Å². The molecule has 2 aromatic heterocycles. The number of benzene rings is 1. The second-order valence-electron chi connectivity index (χ2n) is 5.11. The average molecular weight is 314 g/mol. The maximum absolute atomic E-state index is 11.7. The van der Waals surface area contributed by atoms with Crippen LogP contribution in [0.3, 0.4) is 0 Å². The number of anilines is 1. The summed E-state index contributed by atoms with van der Waals surface area (Å²) in [5.74, 6) is 0. The third kappa shape index (κ3) is 2.63. The maximum Gasteiger partial charge on any atom is 0.293 e. The Kier molecular flexibility index (Phi) is 3.53. The summed E-state index contributed by atoms with van der Waals surface area (Å²) in [6, 6.07) is 2.74. The summed E-state index contributed by atoms with van der Waals surface area (Å²) in [7, 11) is 1.83. The highest BCUT2D eigenvalue weighted by molar-refractivity contribution is 5.86. The zero-order valence-electron chi connectivity index (χ0n) is 12.5. The van der Waals surface area contributed by atoms with E-state index in [9.17, 15) is 14.9 Å². The van der Waals surface area contributed by atoms with Crippen molar-refractivity contribution in [3.63, 3.8) is 0 Å². The lowest BCUT2D eigenvalue weighted by atomic mass is 10.1. The molecule has 3 rings (SSSR count). The van der Waals surface area contributed by atoms with Crippen molar-refractivity contribution in [2.75, 3.05) is 5.32 Å². The van der Waals surface area contributed by atoms with Crippen LogP contribution < -0.4 is 10.9 Å². The van der Waals surface area contributed by atoms with Crippen LogP contribution in [0.2, 0.25) is 0 Å². The molecule has 0 aliphatic rings. The topological polar surface area (TPSA) is 119 Å². The second kappa shape index (κ2) is 5.52. The van der Waals surface area contributed by atoms with E-state index in [1.54, 1.807) is 10.9 Å². The Morgan fingerprint density at radius 1 is 1.43 bits per heavy atom. The average Bonchev–Trinajstić information content (AvgIpc) is 2.84. The van der Waals surface area contributed by atoms with Gasteiger partial charge in [0.05, 0.1) is 28.4 Å². The van der Waals surface area contributed by atoms with Gasteiger partial charge in [-0.25, -0.2) is 4.98 Å². The van der Waals surface area contributed by atoms with Crippen LogP contribution in [-0.4, -0.2) is 24.7 Å². The molecule has 2 N–H and O–H groups in total. The van der Waals surface area contributed by atoms with Gasteiger partial charge in [-0.05, 0) is 13.0 Å². The van der Waals surface area contributed by atoms with E-state index in [1.807, 2.05) is 14.0 Å². The molecule has 0 amide bonds. The molecule has 23 heavy (non-hydrogen) atoms. The number of nitro benzene ring substituents is 1. The van der Waals surface area contributed by atoms with Crippen molar-refractivity contribution in [2.45, 2.75) is 13.5 Å². The van der Waals surface area contributed by atoms with Crippen LogP contribution in [0.5, 0.6) is 0 Å². The summed E-state index contributed by atoms with van der Waals surface area (Å²) in [5, 5.41) is 18.6. The Morgan fingerprint density at radius 2 is 2.22 bits per heavy atom.